The molecule has 2 aromatic rings. The zero-order chi connectivity index (χ0) is 19.2. The van der Waals surface area contributed by atoms with E-state index in [1.165, 1.54) is 0 Å². The van der Waals surface area contributed by atoms with Gasteiger partial charge in [-0.05, 0) is 23.8 Å². The highest BCUT2D eigenvalue weighted by atomic mass is 16.5. The molecule has 5 heteroatoms. The third-order valence-corrected chi connectivity index (χ3v) is 5.61. The lowest BCUT2D eigenvalue weighted by Gasteiger charge is -2.38. The topological polar surface area (TPSA) is 58.6 Å². The van der Waals surface area contributed by atoms with Crippen LogP contribution in [0.2, 0.25) is 0 Å². The summed E-state index contributed by atoms with van der Waals surface area (Å²) in [5.74, 6) is 0.858. The third-order valence-electron chi connectivity index (χ3n) is 5.61. The Morgan fingerprint density at radius 1 is 1.19 bits per heavy atom. The quantitative estimate of drug-likeness (QED) is 0.829. The minimum Gasteiger partial charge on any atom is -0.497 e. The van der Waals surface area contributed by atoms with E-state index in [4.69, 9.17) is 4.74 Å². The zero-order valence-corrected chi connectivity index (χ0v) is 15.9. The highest BCUT2D eigenvalue weighted by Crippen LogP contribution is 2.47. The Balaban J connectivity index is 1.77. The number of rotatable bonds is 5. The number of fused-ring (bicyclic) bond motifs is 2. The molecule has 0 unspecified atom stereocenters. The molecule has 1 spiro atoms. The first kappa shape index (κ1) is 17.7. The van der Waals surface area contributed by atoms with Gasteiger partial charge in [0.05, 0.1) is 13.7 Å². The van der Waals surface area contributed by atoms with Crippen LogP contribution in [0.15, 0.2) is 42.5 Å². The number of carbonyl (C=O) groups excluding carboxylic acids is 2. The minimum atomic E-state index is -0.608. The molecular formula is C22H24N2O3. The van der Waals surface area contributed by atoms with Crippen molar-refractivity contribution in [3.05, 3.63) is 59.2 Å². The van der Waals surface area contributed by atoms with Crippen molar-refractivity contribution in [3.63, 3.8) is 0 Å². The highest BCUT2D eigenvalue weighted by Gasteiger charge is 2.56. The standard InChI is InChI=1S/C22H24N2O3/c1-14(2)20(25)17-5-4-6-18-19(17)22(12-23-13-22)21(26)24(18)11-15-7-9-16(27-3)10-8-15/h4-10,14,23H,11-13H2,1-3H3. The van der Waals surface area contributed by atoms with E-state index in [9.17, 15) is 9.59 Å². The van der Waals surface area contributed by atoms with Gasteiger partial charge in [0.15, 0.2) is 5.78 Å². The number of anilines is 1. The molecule has 5 nitrogen and oxygen atoms in total. The van der Waals surface area contributed by atoms with Gasteiger partial charge in [0.25, 0.3) is 0 Å². The van der Waals surface area contributed by atoms with E-state index in [0.29, 0.717) is 25.2 Å². The molecule has 4 rings (SSSR count). The van der Waals surface area contributed by atoms with Gasteiger partial charge in [0, 0.05) is 35.8 Å². The summed E-state index contributed by atoms with van der Waals surface area (Å²) in [5, 5.41) is 3.23. The Morgan fingerprint density at radius 3 is 2.44 bits per heavy atom. The Labute approximate surface area is 159 Å². The number of Topliss-reactive ketones (excluding diaryl/α,β-unsaturated/α-hetero) is 1. The summed E-state index contributed by atoms with van der Waals surface area (Å²) in [6.45, 7) is 5.45. The normalized spacial score (nSPS) is 17.2. The van der Waals surface area contributed by atoms with Crippen LogP contribution in [-0.4, -0.2) is 31.9 Å². The summed E-state index contributed by atoms with van der Waals surface area (Å²) in [6, 6.07) is 13.4. The summed E-state index contributed by atoms with van der Waals surface area (Å²) in [6.07, 6.45) is 0. The number of nitrogens with zero attached hydrogens (tertiary/aromatic N) is 1. The number of benzene rings is 2. The van der Waals surface area contributed by atoms with Crippen molar-refractivity contribution in [2.45, 2.75) is 25.8 Å². The molecule has 0 atom stereocenters. The van der Waals surface area contributed by atoms with E-state index in [1.807, 2.05) is 61.2 Å². The van der Waals surface area contributed by atoms with Crippen LogP contribution in [0.4, 0.5) is 5.69 Å². The first-order chi connectivity index (χ1) is 13.0. The lowest BCUT2D eigenvalue weighted by molar-refractivity contribution is -0.125. The molecule has 0 bridgehead atoms. The summed E-state index contributed by atoms with van der Waals surface area (Å²) in [7, 11) is 1.63. The molecule has 2 aliphatic rings. The Hall–Kier alpha value is -2.66. The molecule has 1 saturated heterocycles. The van der Waals surface area contributed by atoms with Gasteiger partial charge in [-0.25, -0.2) is 0 Å². The molecule has 1 N–H and O–H groups in total. The van der Waals surface area contributed by atoms with Crippen LogP contribution in [0.1, 0.15) is 35.3 Å². The van der Waals surface area contributed by atoms with Gasteiger partial charge in [-0.2, -0.15) is 0 Å². The van der Waals surface area contributed by atoms with Gasteiger partial charge in [0.1, 0.15) is 11.2 Å². The Bertz CT molecular complexity index is 898. The molecule has 2 aromatic carbocycles. The number of carbonyl (C=O) groups is 2. The predicted octanol–water partition coefficient (Wildman–Crippen LogP) is 2.92. The second kappa shape index (κ2) is 6.50. The maximum absolute atomic E-state index is 13.4. The number of methoxy groups -OCH3 is 1. The molecule has 2 heterocycles. The summed E-state index contributed by atoms with van der Waals surface area (Å²) in [5.41, 5.74) is 2.88. The number of ether oxygens (including phenoxy) is 1. The van der Waals surface area contributed by atoms with Crippen LogP contribution in [0, 0.1) is 5.92 Å². The molecule has 2 aliphatic heterocycles. The van der Waals surface area contributed by atoms with Crippen LogP contribution >= 0.6 is 0 Å². The van der Waals surface area contributed by atoms with Crippen molar-refractivity contribution in [2.24, 2.45) is 5.92 Å². The number of nitrogens with one attached hydrogen (secondary N) is 1. The smallest absolute Gasteiger partial charge is 0.240 e. The Kier molecular flexibility index (Phi) is 4.27. The van der Waals surface area contributed by atoms with E-state index in [-0.39, 0.29) is 17.6 Å². The van der Waals surface area contributed by atoms with Crippen molar-refractivity contribution in [2.75, 3.05) is 25.1 Å². The van der Waals surface area contributed by atoms with Crippen molar-refractivity contribution in [3.8, 4) is 5.75 Å². The summed E-state index contributed by atoms with van der Waals surface area (Å²) >= 11 is 0. The van der Waals surface area contributed by atoms with Crippen LogP contribution in [0.3, 0.4) is 0 Å². The van der Waals surface area contributed by atoms with E-state index >= 15 is 0 Å². The molecule has 0 radical (unpaired) electrons. The van der Waals surface area contributed by atoms with Gasteiger partial charge in [-0.3, -0.25) is 9.59 Å². The number of hydrogen-bond acceptors (Lipinski definition) is 4. The number of ketones is 1. The first-order valence-corrected chi connectivity index (χ1v) is 9.31. The molecule has 27 heavy (non-hydrogen) atoms. The van der Waals surface area contributed by atoms with E-state index in [2.05, 4.69) is 5.32 Å². The average Bonchev–Trinajstić information content (AvgIpc) is 2.90. The fourth-order valence-electron chi connectivity index (χ4n) is 4.03. The Morgan fingerprint density at radius 2 is 1.89 bits per heavy atom. The van der Waals surface area contributed by atoms with Crippen molar-refractivity contribution >= 4 is 17.4 Å². The van der Waals surface area contributed by atoms with E-state index < -0.39 is 5.41 Å². The molecule has 0 saturated carbocycles. The first-order valence-electron chi connectivity index (χ1n) is 9.31. The van der Waals surface area contributed by atoms with Crippen LogP contribution in [0.5, 0.6) is 5.75 Å². The second-order valence-electron chi connectivity index (χ2n) is 7.64. The third kappa shape index (κ3) is 2.65. The molecule has 140 valence electrons. The van der Waals surface area contributed by atoms with Gasteiger partial charge >= 0.3 is 0 Å². The van der Waals surface area contributed by atoms with Gasteiger partial charge in [-0.1, -0.05) is 38.1 Å². The van der Waals surface area contributed by atoms with Gasteiger partial charge in [0.2, 0.25) is 5.91 Å². The zero-order valence-electron chi connectivity index (χ0n) is 15.9. The lowest BCUT2D eigenvalue weighted by atomic mass is 9.73. The van der Waals surface area contributed by atoms with Crippen molar-refractivity contribution in [1.29, 1.82) is 0 Å². The monoisotopic (exact) mass is 364 g/mol. The summed E-state index contributed by atoms with van der Waals surface area (Å²) in [4.78, 5) is 28.0. The van der Waals surface area contributed by atoms with Crippen molar-refractivity contribution in [1.82, 2.24) is 5.32 Å². The number of amides is 1. The predicted molar refractivity (Wildman–Crippen MR) is 104 cm³/mol. The molecule has 1 fully saturated rings. The summed E-state index contributed by atoms with van der Waals surface area (Å²) < 4.78 is 5.21. The van der Waals surface area contributed by atoms with Crippen LogP contribution in [0.25, 0.3) is 0 Å². The fourth-order valence-corrected chi connectivity index (χ4v) is 4.03. The molecule has 0 aliphatic carbocycles. The van der Waals surface area contributed by atoms with Crippen molar-refractivity contribution < 1.29 is 14.3 Å². The largest absolute Gasteiger partial charge is 0.497 e. The minimum absolute atomic E-state index is 0.0797. The van der Waals surface area contributed by atoms with Crippen LogP contribution < -0.4 is 15.0 Å². The maximum atomic E-state index is 13.4. The molecule has 0 aromatic heterocycles. The van der Waals surface area contributed by atoms with Gasteiger partial charge in [-0.15, -0.1) is 0 Å². The van der Waals surface area contributed by atoms with E-state index in [1.54, 1.807) is 7.11 Å². The fraction of sp³-hybridized carbons (Fsp3) is 0.364. The second-order valence-corrected chi connectivity index (χ2v) is 7.64. The molecular weight excluding hydrogens is 340 g/mol. The SMILES string of the molecule is COc1ccc(CN2C(=O)C3(CNC3)c3c(C(=O)C(C)C)cccc32)cc1. The number of hydrogen-bond donors (Lipinski definition) is 1. The van der Waals surface area contributed by atoms with Gasteiger partial charge < -0.3 is 15.0 Å². The van der Waals surface area contributed by atoms with E-state index in [0.717, 1.165) is 22.6 Å². The maximum Gasteiger partial charge on any atom is 0.240 e. The average molecular weight is 364 g/mol. The lowest BCUT2D eigenvalue weighted by Crippen LogP contribution is -2.62. The van der Waals surface area contributed by atoms with Crippen LogP contribution in [-0.2, 0) is 16.8 Å². The molecule has 1 amide bonds. The highest BCUT2D eigenvalue weighted by molar-refractivity contribution is 6.13.